The van der Waals surface area contributed by atoms with Crippen LogP contribution in [0.25, 0.3) is 0 Å². The highest BCUT2D eigenvalue weighted by atomic mass is 35.5. The van der Waals surface area contributed by atoms with E-state index in [1.54, 1.807) is 6.07 Å². The van der Waals surface area contributed by atoms with Crippen molar-refractivity contribution >= 4 is 27.1 Å². The van der Waals surface area contributed by atoms with E-state index in [-0.39, 0.29) is 11.5 Å². The first-order valence-electron chi connectivity index (χ1n) is 5.29. The maximum Gasteiger partial charge on any atom is 0.155 e. The lowest BCUT2D eigenvalue weighted by Crippen LogP contribution is -2.32. The molecule has 1 fully saturated rings. The molecule has 1 aromatic carbocycles. The molecular formula is C11H14ClNO3S. The lowest BCUT2D eigenvalue weighted by atomic mass is 10.1. The summed E-state index contributed by atoms with van der Waals surface area (Å²) in [5.74, 6) is -0.243. The molecule has 2 N–H and O–H groups in total. The zero-order chi connectivity index (χ0) is 12.6. The highest BCUT2D eigenvalue weighted by molar-refractivity contribution is 7.91. The minimum Gasteiger partial charge on any atom is -0.390 e. The van der Waals surface area contributed by atoms with Crippen molar-refractivity contribution in [3.8, 4) is 0 Å². The molecule has 4 nitrogen and oxygen atoms in total. The molecule has 0 aliphatic carbocycles. The lowest BCUT2D eigenvalue weighted by molar-refractivity contribution is 0.190. The molecule has 0 radical (unpaired) electrons. The molecule has 1 heterocycles. The van der Waals surface area contributed by atoms with Gasteiger partial charge in [-0.1, -0.05) is 23.7 Å². The third-order valence-electron chi connectivity index (χ3n) is 2.87. The van der Waals surface area contributed by atoms with Crippen LogP contribution < -0.4 is 5.32 Å². The smallest absolute Gasteiger partial charge is 0.155 e. The third kappa shape index (κ3) is 2.73. The number of benzene rings is 1. The summed E-state index contributed by atoms with van der Waals surface area (Å²) in [6.45, 7) is 1.88. The standard InChI is InChI=1S/C11H14ClNO3S/c1-7-3-2-4-8(12)11(7)13-9-5-17(15,16)6-10(9)14/h2-4,9-10,13-14H,5-6H2,1H3. The zero-order valence-electron chi connectivity index (χ0n) is 9.35. The maximum atomic E-state index is 11.4. The van der Waals surface area contributed by atoms with E-state index in [4.69, 9.17) is 11.6 Å². The molecule has 0 aromatic heterocycles. The number of nitrogens with one attached hydrogen (secondary N) is 1. The molecule has 94 valence electrons. The predicted octanol–water partition coefficient (Wildman–Crippen LogP) is 1.22. The Bertz CT molecular complexity index is 509. The number of rotatable bonds is 2. The minimum atomic E-state index is -3.15. The van der Waals surface area contributed by atoms with E-state index in [1.807, 2.05) is 19.1 Å². The molecule has 2 rings (SSSR count). The topological polar surface area (TPSA) is 66.4 Å². The second kappa shape index (κ2) is 4.48. The Balaban J connectivity index is 2.22. The lowest BCUT2D eigenvalue weighted by Gasteiger charge is -2.19. The summed E-state index contributed by atoms with van der Waals surface area (Å²) in [6, 6.07) is 4.94. The van der Waals surface area contributed by atoms with Crippen LogP contribution in [0.5, 0.6) is 0 Å². The molecule has 0 spiro atoms. The molecule has 0 saturated carbocycles. The Hall–Kier alpha value is -0.780. The van der Waals surface area contributed by atoms with Crippen LogP contribution in [0.3, 0.4) is 0 Å². The zero-order valence-corrected chi connectivity index (χ0v) is 10.9. The number of aliphatic hydroxyl groups is 1. The highest BCUT2D eigenvalue weighted by Gasteiger charge is 2.36. The second-order valence-electron chi connectivity index (χ2n) is 4.33. The fraction of sp³-hybridized carbons (Fsp3) is 0.455. The fourth-order valence-corrected chi connectivity index (χ4v) is 3.98. The van der Waals surface area contributed by atoms with Gasteiger partial charge in [-0.3, -0.25) is 0 Å². The number of halogens is 1. The molecule has 0 amide bonds. The van der Waals surface area contributed by atoms with Crippen LogP contribution in [0.2, 0.25) is 5.02 Å². The number of sulfone groups is 1. The molecule has 1 aromatic rings. The number of hydrogen-bond donors (Lipinski definition) is 2. The van der Waals surface area contributed by atoms with Gasteiger partial charge in [-0.25, -0.2) is 8.42 Å². The van der Waals surface area contributed by atoms with Gasteiger partial charge in [-0.05, 0) is 18.6 Å². The van der Waals surface area contributed by atoms with Crippen molar-refractivity contribution in [1.29, 1.82) is 0 Å². The van der Waals surface area contributed by atoms with E-state index >= 15 is 0 Å². The summed E-state index contributed by atoms with van der Waals surface area (Å²) in [4.78, 5) is 0. The van der Waals surface area contributed by atoms with Gasteiger partial charge in [0.05, 0.1) is 34.4 Å². The minimum absolute atomic E-state index is 0.0567. The summed E-state index contributed by atoms with van der Waals surface area (Å²) >= 11 is 6.03. The van der Waals surface area contributed by atoms with Crippen molar-refractivity contribution in [1.82, 2.24) is 0 Å². The van der Waals surface area contributed by atoms with E-state index in [1.165, 1.54) is 0 Å². The van der Waals surface area contributed by atoms with Gasteiger partial charge in [-0.2, -0.15) is 0 Å². The van der Waals surface area contributed by atoms with E-state index in [9.17, 15) is 13.5 Å². The Labute approximate surface area is 106 Å². The quantitative estimate of drug-likeness (QED) is 0.852. The number of hydrogen-bond acceptors (Lipinski definition) is 4. The van der Waals surface area contributed by atoms with Gasteiger partial charge in [-0.15, -0.1) is 0 Å². The highest BCUT2D eigenvalue weighted by Crippen LogP contribution is 2.28. The molecule has 0 bridgehead atoms. The molecule has 1 aliphatic heterocycles. The molecular weight excluding hydrogens is 262 g/mol. The van der Waals surface area contributed by atoms with Crippen LogP contribution in [0, 0.1) is 6.92 Å². The predicted molar refractivity (Wildman–Crippen MR) is 68.3 cm³/mol. The van der Waals surface area contributed by atoms with Crippen LogP contribution in [0.1, 0.15) is 5.56 Å². The van der Waals surface area contributed by atoms with Crippen LogP contribution >= 0.6 is 11.6 Å². The Morgan fingerprint density at radius 3 is 2.65 bits per heavy atom. The first-order valence-corrected chi connectivity index (χ1v) is 7.49. The summed E-state index contributed by atoms with van der Waals surface area (Å²) < 4.78 is 22.8. The van der Waals surface area contributed by atoms with Gasteiger partial charge in [0.1, 0.15) is 0 Å². The number of aliphatic hydroxyl groups excluding tert-OH is 1. The van der Waals surface area contributed by atoms with Gasteiger partial charge in [0.2, 0.25) is 0 Å². The van der Waals surface area contributed by atoms with Crippen molar-refractivity contribution in [2.75, 3.05) is 16.8 Å². The number of anilines is 1. The summed E-state index contributed by atoms with van der Waals surface area (Å²) in [5, 5.41) is 13.2. The Kier molecular flexibility index (Phi) is 3.34. The van der Waals surface area contributed by atoms with E-state index in [2.05, 4.69) is 5.32 Å². The van der Waals surface area contributed by atoms with E-state index < -0.39 is 22.0 Å². The first kappa shape index (κ1) is 12.7. The molecule has 2 unspecified atom stereocenters. The maximum absolute atomic E-state index is 11.4. The molecule has 1 aliphatic rings. The van der Waals surface area contributed by atoms with Gasteiger partial charge in [0.15, 0.2) is 9.84 Å². The largest absolute Gasteiger partial charge is 0.390 e. The van der Waals surface area contributed by atoms with Crippen LogP contribution in [0.4, 0.5) is 5.69 Å². The van der Waals surface area contributed by atoms with Crippen molar-refractivity contribution < 1.29 is 13.5 Å². The Morgan fingerprint density at radius 2 is 2.12 bits per heavy atom. The van der Waals surface area contributed by atoms with Gasteiger partial charge in [0.25, 0.3) is 0 Å². The second-order valence-corrected chi connectivity index (χ2v) is 6.89. The van der Waals surface area contributed by atoms with Crippen molar-refractivity contribution in [3.63, 3.8) is 0 Å². The van der Waals surface area contributed by atoms with Crippen molar-refractivity contribution in [3.05, 3.63) is 28.8 Å². The SMILES string of the molecule is Cc1cccc(Cl)c1NC1CS(=O)(=O)CC1O. The van der Waals surface area contributed by atoms with Crippen LogP contribution in [0.15, 0.2) is 18.2 Å². The van der Waals surface area contributed by atoms with E-state index in [0.717, 1.165) is 5.56 Å². The van der Waals surface area contributed by atoms with E-state index in [0.29, 0.717) is 10.7 Å². The Morgan fingerprint density at radius 1 is 1.41 bits per heavy atom. The van der Waals surface area contributed by atoms with Crippen LogP contribution in [-0.2, 0) is 9.84 Å². The summed E-state index contributed by atoms with van der Waals surface area (Å²) in [7, 11) is -3.15. The van der Waals surface area contributed by atoms with Crippen molar-refractivity contribution in [2.45, 2.75) is 19.1 Å². The average Bonchev–Trinajstić information content (AvgIpc) is 2.46. The van der Waals surface area contributed by atoms with Crippen LogP contribution in [-0.4, -0.2) is 37.2 Å². The molecule has 6 heteroatoms. The number of aryl methyl sites for hydroxylation is 1. The molecule has 2 atom stereocenters. The normalized spacial score (nSPS) is 27.0. The first-order chi connectivity index (χ1) is 7.89. The van der Waals surface area contributed by atoms with Gasteiger partial charge < -0.3 is 10.4 Å². The third-order valence-corrected chi connectivity index (χ3v) is 4.91. The monoisotopic (exact) mass is 275 g/mol. The molecule has 17 heavy (non-hydrogen) atoms. The van der Waals surface area contributed by atoms with Gasteiger partial charge in [0, 0.05) is 0 Å². The summed E-state index contributed by atoms with van der Waals surface area (Å²) in [6.07, 6.45) is -0.879. The summed E-state index contributed by atoms with van der Waals surface area (Å²) in [5.41, 5.74) is 1.62. The van der Waals surface area contributed by atoms with Crippen molar-refractivity contribution in [2.24, 2.45) is 0 Å². The number of para-hydroxylation sites is 1. The average molecular weight is 276 g/mol. The van der Waals surface area contributed by atoms with Gasteiger partial charge >= 0.3 is 0 Å². The fourth-order valence-electron chi connectivity index (χ4n) is 1.97. The molecule has 1 saturated heterocycles.